The molecule has 1 aliphatic rings. The standard InChI is InChI=1S/C15H24N2O3S2/c1-17(12-6-4-3-5-7-12)15(18)14-9-8-13(21-14)10-11-16-22(2,19)20/h8-9,12,16H,3-7,10-11H2,1-2H3. The van der Waals surface area contributed by atoms with Crippen molar-refractivity contribution in [1.29, 1.82) is 0 Å². The molecule has 1 aromatic rings. The summed E-state index contributed by atoms with van der Waals surface area (Å²) in [7, 11) is -1.26. The fourth-order valence-corrected chi connectivity index (χ4v) is 4.26. The second-order valence-corrected chi connectivity index (χ2v) is 8.89. The quantitative estimate of drug-likeness (QED) is 0.861. The summed E-state index contributed by atoms with van der Waals surface area (Å²) >= 11 is 1.46. The van der Waals surface area contributed by atoms with Crippen LogP contribution in [0.4, 0.5) is 0 Å². The maximum absolute atomic E-state index is 12.5. The fraction of sp³-hybridized carbons (Fsp3) is 0.667. The number of hydrogen-bond donors (Lipinski definition) is 1. The molecular formula is C15H24N2O3S2. The average Bonchev–Trinajstić information content (AvgIpc) is 2.94. The first-order chi connectivity index (χ1) is 10.4. The summed E-state index contributed by atoms with van der Waals surface area (Å²) < 4.78 is 24.5. The van der Waals surface area contributed by atoms with Gasteiger partial charge in [0.15, 0.2) is 0 Å². The van der Waals surface area contributed by atoms with E-state index < -0.39 is 10.0 Å². The largest absolute Gasteiger partial charge is 0.338 e. The van der Waals surface area contributed by atoms with Crippen molar-refractivity contribution < 1.29 is 13.2 Å². The van der Waals surface area contributed by atoms with E-state index in [2.05, 4.69) is 4.72 Å². The monoisotopic (exact) mass is 344 g/mol. The highest BCUT2D eigenvalue weighted by atomic mass is 32.2. The lowest BCUT2D eigenvalue weighted by molar-refractivity contribution is 0.0701. The van der Waals surface area contributed by atoms with Gasteiger partial charge in [-0.1, -0.05) is 19.3 Å². The molecule has 1 aliphatic carbocycles. The third-order valence-corrected chi connectivity index (χ3v) is 5.91. The van der Waals surface area contributed by atoms with Crippen LogP contribution in [0.1, 0.15) is 46.7 Å². The molecule has 2 rings (SSSR count). The average molecular weight is 345 g/mol. The minimum absolute atomic E-state index is 0.0826. The fourth-order valence-electron chi connectivity index (χ4n) is 2.79. The van der Waals surface area contributed by atoms with Crippen molar-refractivity contribution in [1.82, 2.24) is 9.62 Å². The van der Waals surface area contributed by atoms with Crippen LogP contribution >= 0.6 is 11.3 Å². The maximum Gasteiger partial charge on any atom is 0.263 e. The Labute approximate surface area is 136 Å². The Hall–Kier alpha value is -0.920. The Kier molecular flexibility index (Phi) is 6.00. The minimum Gasteiger partial charge on any atom is -0.338 e. The third kappa shape index (κ3) is 5.07. The van der Waals surface area contributed by atoms with Crippen molar-refractivity contribution in [2.75, 3.05) is 19.8 Å². The summed E-state index contributed by atoms with van der Waals surface area (Å²) in [4.78, 5) is 16.2. The Morgan fingerprint density at radius 3 is 2.64 bits per heavy atom. The van der Waals surface area contributed by atoms with E-state index in [0.29, 0.717) is 19.0 Å². The second-order valence-electron chi connectivity index (χ2n) is 5.89. The minimum atomic E-state index is -3.15. The van der Waals surface area contributed by atoms with Crippen LogP contribution < -0.4 is 4.72 Å². The lowest BCUT2D eigenvalue weighted by Gasteiger charge is -2.30. The van der Waals surface area contributed by atoms with E-state index in [1.807, 2.05) is 24.1 Å². The first-order valence-electron chi connectivity index (χ1n) is 7.67. The number of carbonyl (C=O) groups is 1. The Balaban J connectivity index is 1.90. The van der Waals surface area contributed by atoms with Gasteiger partial charge < -0.3 is 4.90 Å². The lowest BCUT2D eigenvalue weighted by Crippen LogP contribution is -2.37. The molecule has 0 spiro atoms. The Bertz CT molecular complexity index is 604. The smallest absolute Gasteiger partial charge is 0.263 e. The Morgan fingerprint density at radius 1 is 1.32 bits per heavy atom. The van der Waals surface area contributed by atoms with Gasteiger partial charge in [0.05, 0.1) is 11.1 Å². The molecule has 7 heteroatoms. The van der Waals surface area contributed by atoms with Crippen molar-refractivity contribution in [3.8, 4) is 0 Å². The van der Waals surface area contributed by atoms with Crippen LogP contribution in [0.2, 0.25) is 0 Å². The summed E-state index contributed by atoms with van der Waals surface area (Å²) in [6, 6.07) is 4.12. The molecule has 1 N–H and O–H groups in total. The first kappa shape index (κ1) is 17.4. The number of nitrogens with zero attached hydrogens (tertiary/aromatic N) is 1. The number of thiophene rings is 1. The lowest BCUT2D eigenvalue weighted by atomic mass is 9.94. The highest BCUT2D eigenvalue weighted by Gasteiger charge is 2.23. The summed E-state index contributed by atoms with van der Waals surface area (Å²) in [6.07, 6.45) is 7.63. The zero-order valence-electron chi connectivity index (χ0n) is 13.2. The zero-order valence-corrected chi connectivity index (χ0v) is 14.8. The van der Waals surface area contributed by atoms with E-state index in [-0.39, 0.29) is 5.91 Å². The number of nitrogens with one attached hydrogen (secondary N) is 1. The number of rotatable bonds is 6. The molecule has 0 aromatic carbocycles. The van der Waals surface area contributed by atoms with Gasteiger partial charge in [0.1, 0.15) is 0 Å². The molecule has 0 aliphatic heterocycles. The number of amides is 1. The van der Waals surface area contributed by atoms with Crippen LogP contribution in [0.15, 0.2) is 12.1 Å². The Morgan fingerprint density at radius 2 is 2.00 bits per heavy atom. The summed E-state index contributed by atoms with van der Waals surface area (Å²) in [5.74, 6) is 0.0826. The second kappa shape index (κ2) is 7.57. The van der Waals surface area contributed by atoms with E-state index in [4.69, 9.17) is 0 Å². The van der Waals surface area contributed by atoms with Crippen LogP contribution in [-0.2, 0) is 16.4 Å². The van der Waals surface area contributed by atoms with Gasteiger partial charge in [-0.2, -0.15) is 0 Å². The van der Waals surface area contributed by atoms with Gasteiger partial charge in [-0.05, 0) is 31.4 Å². The highest BCUT2D eigenvalue weighted by molar-refractivity contribution is 7.88. The van der Waals surface area contributed by atoms with E-state index in [1.54, 1.807) is 0 Å². The molecule has 1 aromatic heterocycles. The van der Waals surface area contributed by atoms with Gasteiger partial charge in [-0.3, -0.25) is 4.79 Å². The van der Waals surface area contributed by atoms with Gasteiger partial charge in [0.2, 0.25) is 10.0 Å². The molecule has 1 saturated carbocycles. The molecule has 22 heavy (non-hydrogen) atoms. The molecule has 0 radical (unpaired) electrons. The highest BCUT2D eigenvalue weighted by Crippen LogP contribution is 2.25. The van der Waals surface area contributed by atoms with Crippen LogP contribution in [0.25, 0.3) is 0 Å². The molecule has 0 unspecified atom stereocenters. The van der Waals surface area contributed by atoms with Crippen molar-refractivity contribution in [2.24, 2.45) is 0 Å². The van der Waals surface area contributed by atoms with Crippen LogP contribution in [0.5, 0.6) is 0 Å². The van der Waals surface area contributed by atoms with Gasteiger partial charge >= 0.3 is 0 Å². The van der Waals surface area contributed by atoms with Crippen LogP contribution in [-0.4, -0.2) is 45.1 Å². The van der Waals surface area contributed by atoms with E-state index >= 15 is 0 Å². The van der Waals surface area contributed by atoms with Gasteiger partial charge in [-0.15, -0.1) is 11.3 Å². The summed E-state index contributed by atoms with van der Waals surface area (Å²) in [5.41, 5.74) is 0. The van der Waals surface area contributed by atoms with E-state index in [0.717, 1.165) is 28.9 Å². The number of hydrogen-bond acceptors (Lipinski definition) is 4. The van der Waals surface area contributed by atoms with Crippen molar-refractivity contribution in [2.45, 2.75) is 44.6 Å². The molecular weight excluding hydrogens is 320 g/mol. The topological polar surface area (TPSA) is 66.5 Å². The maximum atomic E-state index is 12.5. The SMILES string of the molecule is CN(C(=O)c1ccc(CCNS(C)(=O)=O)s1)C1CCCCC1. The molecule has 5 nitrogen and oxygen atoms in total. The predicted molar refractivity (Wildman–Crippen MR) is 89.8 cm³/mol. The molecule has 1 heterocycles. The van der Waals surface area contributed by atoms with Crippen molar-refractivity contribution >= 4 is 27.3 Å². The normalized spacial score (nSPS) is 16.6. The molecule has 0 saturated heterocycles. The van der Waals surface area contributed by atoms with Gasteiger partial charge in [0.25, 0.3) is 5.91 Å². The van der Waals surface area contributed by atoms with Crippen molar-refractivity contribution in [3.05, 3.63) is 21.9 Å². The van der Waals surface area contributed by atoms with E-state index in [1.165, 1.54) is 30.6 Å². The van der Waals surface area contributed by atoms with E-state index in [9.17, 15) is 13.2 Å². The molecule has 1 fully saturated rings. The summed E-state index contributed by atoms with van der Waals surface area (Å²) in [5, 5.41) is 0. The number of sulfonamides is 1. The number of carbonyl (C=O) groups excluding carboxylic acids is 1. The first-order valence-corrected chi connectivity index (χ1v) is 10.4. The van der Waals surface area contributed by atoms with Gasteiger partial charge in [0, 0.05) is 24.5 Å². The zero-order chi connectivity index (χ0) is 16.2. The predicted octanol–water partition coefficient (Wildman–Crippen LogP) is 2.24. The molecule has 0 bridgehead atoms. The van der Waals surface area contributed by atoms with Gasteiger partial charge in [-0.25, -0.2) is 13.1 Å². The third-order valence-electron chi connectivity index (χ3n) is 4.05. The van der Waals surface area contributed by atoms with Crippen molar-refractivity contribution in [3.63, 3.8) is 0 Å². The van der Waals surface area contributed by atoms with Crippen LogP contribution in [0.3, 0.4) is 0 Å². The molecule has 124 valence electrons. The molecule has 1 amide bonds. The van der Waals surface area contributed by atoms with Crippen LogP contribution in [0, 0.1) is 0 Å². The molecule has 0 atom stereocenters. The summed E-state index contributed by atoms with van der Waals surface area (Å²) in [6.45, 7) is 0.367.